The number of aromatic nitrogens is 1. The molecule has 1 heterocycles. The number of aromatic carboxylic acids is 1. The maximum Gasteiger partial charge on any atom is 0.336 e. The van der Waals surface area contributed by atoms with E-state index in [-0.39, 0.29) is 10.7 Å². The summed E-state index contributed by atoms with van der Waals surface area (Å²) in [5.41, 5.74) is 0.868. The highest BCUT2D eigenvalue weighted by molar-refractivity contribution is 6.36. The quantitative estimate of drug-likeness (QED) is 0.836. The molecule has 2 aromatic rings. The van der Waals surface area contributed by atoms with Gasteiger partial charge >= 0.3 is 5.97 Å². The minimum Gasteiger partial charge on any atom is -0.478 e. The van der Waals surface area contributed by atoms with Gasteiger partial charge in [0.1, 0.15) is 5.15 Å². The van der Waals surface area contributed by atoms with Gasteiger partial charge in [-0.05, 0) is 29.8 Å². The monoisotopic (exact) mass is 301 g/mol. The summed E-state index contributed by atoms with van der Waals surface area (Å²) >= 11 is 17.7. The lowest BCUT2D eigenvalue weighted by Crippen LogP contribution is -2.01. The van der Waals surface area contributed by atoms with Gasteiger partial charge in [-0.15, -0.1) is 0 Å². The molecule has 0 spiro atoms. The molecule has 92 valence electrons. The van der Waals surface area contributed by atoms with Gasteiger partial charge in [0.15, 0.2) is 0 Å². The van der Waals surface area contributed by atoms with E-state index in [0.717, 1.165) is 0 Å². The average Bonchev–Trinajstić information content (AvgIpc) is 2.26. The summed E-state index contributed by atoms with van der Waals surface area (Å²) < 4.78 is 0. The highest BCUT2D eigenvalue weighted by atomic mass is 35.5. The Morgan fingerprint density at radius 1 is 1.11 bits per heavy atom. The summed E-state index contributed by atoms with van der Waals surface area (Å²) in [6.07, 6.45) is 1.33. The second-order valence-corrected chi connectivity index (χ2v) is 4.72. The molecule has 0 saturated heterocycles. The van der Waals surface area contributed by atoms with Crippen molar-refractivity contribution < 1.29 is 9.90 Å². The van der Waals surface area contributed by atoms with Crippen LogP contribution in [0.3, 0.4) is 0 Å². The first-order valence-electron chi connectivity index (χ1n) is 4.83. The van der Waals surface area contributed by atoms with Crippen molar-refractivity contribution in [1.82, 2.24) is 4.98 Å². The van der Waals surface area contributed by atoms with E-state index in [0.29, 0.717) is 21.2 Å². The first-order valence-corrected chi connectivity index (χ1v) is 5.96. The van der Waals surface area contributed by atoms with E-state index in [9.17, 15) is 4.79 Å². The van der Waals surface area contributed by atoms with Crippen molar-refractivity contribution in [2.24, 2.45) is 0 Å². The average molecular weight is 303 g/mol. The lowest BCUT2D eigenvalue weighted by molar-refractivity contribution is 0.0697. The van der Waals surface area contributed by atoms with Crippen molar-refractivity contribution in [2.45, 2.75) is 0 Å². The van der Waals surface area contributed by atoms with Crippen LogP contribution < -0.4 is 0 Å². The van der Waals surface area contributed by atoms with Gasteiger partial charge in [0, 0.05) is 21.8 Å². The zero-order valence-corrected chi connectivity index (χ0v) is 11.1. The Morgan fingerprint density at radius 2 is 1.72 bits per heavy atom. The lowest BCUT2D eigenvalue weighted by atomic mass is 10.0. The summed E-state index contributed by atoms with van der Waals surface area (Å²) in [5, 5.41) is 10.0. The molecule has 0 fully saturated rings. The first kappa shape index (κ1) is 13.1. The summed E-state index contributed by atoms with van der Waals surface area (Å²) in [4.78, 5) is 15.0. The van der Waals surface area contributed by atoms with E-state index in [1.54, 1.807) is 18.2 Å². The fourth-order valence-electron chi connectivity index (χ4n) is 1.59. The van der Waals surface area contributed by atoms with Crippen LogP contribution in [0.1, 0.15) is 10.4 Å². The van der Waals surface area contributed by atoms with Gasteiger partial charge in [-0.3, -0.25) is 0 Å². The van der Waals surface area contributed by atoms with E-state index in [1.165, 1.54) is 12.3 Å². The molecule has 18 heavy (non-hydrogen) atoms. The molecular formula is C12H6Cl3NO2. The molecule has 3 nitrogen and oxygen atoms in total. The molecule has 0 saturated carbocycles. The summed E-state index contributed by atoms with van der Waals surface area (Å²) in [6, 6.07) is 6.10. The number of rotatable bonds is 2. The van der Waals surface area contributed by atoms with Crippen molar-refractivity contribution in [3.8, 4) is 11.1 Å². The van der Waals surface area contributed by atoms with Crippen molar-refractivity contribution >= 4 is 40.8 Å². The Balaban J connectivity index is 2.73. The molecule has 1 aromatic heterocycles. The van der Waals surface area contributed by atoms with Crippen molar-refractivity contribution in [3.05, 3.63) is 51.2 Å². The predicted molar refractivity (Wildman–Crippen MR) is 71.7 cm³/mol. The van der Waals surface area contributed by atoms with E-state index >= 15 is 0 Å². The standard InChI is InChI=1S/C12H6Cl3NO2/c13-7-3-6(4-8(14)5-7)10-9(12(17)18)1-2-16-11(10)15/h1-5H,(H,17,18). The zero-order chi connectivity index (χ0) is 13.3. The molecule has 1 N–H and O–H groups in total. The summed E-state index contributed by atoms with van der Waals surface area (Å²) in [7, 11) is 0. The molecule has 0 aliphatic heterocycles. The molecule has 2 rings (SSSR count). The smallest absolute Gasteiger partial charge is 0.336 e. The second-order valence-electron chi connectivity index (χ2n) is 3.49. The molecule has 0 radical (unpaired) electrons. The predicted octanol–water partition coefficient (Wildman–Crippen LogP) is 4.41. The van der Waals surface area contributed by atoms with Gasteiger partial charge in [-0.25, -0.2) is 9.78 Å². The summed E-state index contributed by atoms with van der Waals surface area (Å²) in [5.74, 6) is -1.09. The number of carbonyl (C=O) groups is 1. The SMILES string of the molecule is O=C(O)c1ccnc(Cl)c1-c1cc(Cl)cc(Cl)c1. The number of carboxylic acid groups (broad SMARTS) is 1. The van der Waals surface area contributed by atoms with Crippen LogP contribution in [0, 0.1) is 0 Å². The highest BCUT2D eigenvalue weighted by Gasteiger charge is 2.16. The first-order chi connectivity index (χ1) is 8.49. The number of pyridine rings is 1. The van der Waals surface area contributed by atoms with E-state index in [4.69, 9.17) is 39.9 Å². The van der Waals surface area contributed by atoms with E-state index in [2.05, 4.69) is 4.98 Å². The molecule has 1 aromatic carbocycles. The topological polar surface area (TPSA) is 50.2 Å². The van der Waals surface area contributed by atoms with Crippen molar-refractivity contribution in [2.75, 3.05) is 0 Å². The molecule has 0 amide bonds. The number of hydrogen-bond donors (Lipinski definition) is 1. The third kappa shape index (κ3) is 2.58. The molecule has 0 atom stereocenters. The van der Waals surface area contributed by atoms with Crippen LogP contribution in [0.5, 0.6) is 0 Å². The van der Waals surface area contributed by atoms with E-state index in [1.807, 2.05) is 0 Å². The molecule has 6 heteroatoms. The minimum absolute atomic E-state index is 0.0494. The lowest BCUT2D eigenvalue weighted by Gasteiger charge is -2.08. The number of carboxylic acids is 1. The Hall–Kier alpha value is -1.29. The Morgan fingerprint density at radius 3 is 2.28 bits per heavy atom. The third-order valence-corrected chi connectivity index (χ3v) is 3.01. The second kappa shape index (κ2) is 5.14. The number of halogens is 3. The van der Waals surface area contributed by atoms with Gasteiger partial charge in [0.25, 0.3) is 0 Å². The normalized spacial score (nSPS) is 10.4. The highest BCUT2D eigenvalue weighted by Crippen LogP contribution is 2.33. The van der Waals surface area contributed by atoms with Gasteiger partial charge in [-0.2, -0.15) is 0 Å². The fourth-order valence-corrected chi connectivity index (χ4v) is 2.38. The summed E-state index contributed by atoms with van der Waals surface area (Å²) in [6.45, 7) is 0. The van der Waals surface area contributed by atoms with Crippen LogP contribution in [0.2, 0.25) is 15.2 Å². The zero-order valence-electron chi connectivity index (χ0n) is 8.82. The Labute approximate surface area is 118 Å². The van der Waals surface area contributed by atoms with Crippen molar-refractivity contribution in [1.29, 1.82) is 0 Å². The third-order valence-electron chi connectivity index (χ3n) is 2.29. The van der Waals surface area contributed by atoms with Crippen LogP contribution in [0.15, 0.2) is 30.5 Å². The van der Waals surface area contributed by atoms with Gasteiger partial charge in [0.2, 0.25) is 0 Å². The molecule has 0 aliphatic rings. The van der Waals surface area contributed by atoms with Crippen molar-refractivity contribution in [3.63, 3.8) is 0 Å². The minimum atomic E-state index is -1.09. The Bertz CT molecular complexity index is 608. The van der Waals surface area contributed by atoms with Gasteiger partial charge in [-0.1, -0.05) is 34.8 Å². The molecule has 0 bridgehead atoms. The maximum atomic E-state index is 11.2. The molecule has 0 unspecified atom stereocenters. The maximum absolute atomic E-state index is 11.2. The largest absolute Gasteiger partial charge is 0.478 e. The van der Waals surface area contributed by atoms with Crippen LogP contribution in [0.4, 0.5) is 0 Å². The van der Waals surface area contributed by atoms with Crippen LogP contribution in [0.25, 0.3) is 11.1 Å². The Kier molecular flexibility index (Phi) is 3.76. The van der Waals surface area contributed by atoms with Crippen LogP contribution in [-0.4, -0.2) is 16.1 Å². The van der Waals surface area contributed by atoms with Crippen LogP contribution >= 0.6 is 34.8 Å². The van der Waals surface area contributed by atoms with Crippen LogP contribution in [-0.2, 0) is 0 Å². The van der Waals surface area contributed by atoms with Gasteiger partial charge < -0.3 is 5.11 Å². The number of benzene rings is 1. The molecular weight excluding hydrogens is 296 g/mol. The van der Waals surface area contributed by atoms with E-state index < -0.39 is 5.97 Å². The molecule has 0 aliphatic carbocycles. The number of nitrogens with zero attached hydrogens (tertiary/aromatic N) is 1. The number of hydrogen-bond acceptors (Lipinski definition) is 2. The fraction of sp³-hybridized carbons (Fsp3) is 0. The van der Waals surface area contributed by atoms with Gasteiger partial charge in [0.05, 0.1) is 5.56 Å².